The van der Waals surface area contributed by atoms with Crippen LogP contribution in [0.5, 0.6) is 0 Å². The van der Waals surface area contributed by atoms with Crippen molar-refractivity contribution in [2.45, 2.75) is 39.2 Å². The normalized spacial score (nSPS) is 17.7. The van der Waals surface area contributed by atoms with E-state index in [1.165, 1.54) is 6.20 Å². The van der Waals surface area contributed by atoms with Gasteiger partial charge in [0, 0.05) is 50.2 Å². The van der Waals surface area contributed by atoms with Gasteiger partial charge >= 0.3 is 0 Å². The van der Waals surface area contributed by atoms with E-state index in [0.29, 0.717) is 43.9 Å². The van der Waals surface area contributed by atoms with Crippen LogP contribution in [0.1, 0.15) is 43.0 Å². The van der Waals surface area contributed by atoms with Gasteiger partial charge in [0.1, 0.15) is 5.82 Å². The van der Waals surface area contributed by atoms with Gasteiger partial charge in [-0.05, 0) is 31.9 Å². The second-order valence-electron chi connectivity index (χ2n) is 8.06. The van der Waals surface area contributed by atoms with Gasteiger partial charge < -0.3 is 24.3 Å². The van der Waals surface area contributed by atoms with Gasteiger partial charge in [-0.25, -0.2) is 4.39 Å². The minimum Gasteiger partial charge on any atom is -0.545 e. The number of carbonyl (C=O) groups excluding carboxylic acids is 2. The minimum atomic E-state index is -1.57. The number of aromatic nitrogens is 1. The molecule has 0 atom stereocenters. The van der Waals surface area contributed by atoms with Crippen molar-refractivity contribution in [3.05, 3.63) is 39.9 Å². The van der Waals surface area contributed by atoms with Gasteiger partial charge in [0.25, 0.3) is 0 Å². The first-order valence-electron chi connectivity index (χ1n) is 10.5. The number of carboxylic acid groups (broad SMARTS) is 1. The van der Waals surface area contributed by atoms with Gasteiger partial charge in [-0.15, -0.1) is 0 Å². The Hall–Kier alpha value is -2.90. The van der Waals surface area contributed by atoms with Crippen molar-refractivity contribution >= 4 is 28.5 Å². The smallest absolute Gasteiger partial charge is 0.225 e. The van der Waals surface area contributed by atoms with Crippen LogP contribution in [0.3, 0.4) is 0 Å². The third kappa shape index (κ3) is 3.55. The van der Waals surface area contributed by atoms with Crippen LogP contribution in [0.4, 0.5) is 10.1 Å². The highest BCUT2D eigenvalue weighted by atomic mass is 19.1. The number of pyridine rings is 1. The fourth-order valence-corrected chi connectivity index (χ4v) is 4.65. The number of hydrogen-bond donors (Lipinski definition) is 0. The molecule has 8 heteroatoms. The topological polar surface area (TPSA) is 85.7 Å². The zero-order chi connectivity index (χ0) is 21.4. The SMILES string of the molecule is CCn1cc(C(=O)[O-])c(=O)c2cc(F)c(N3CCN(C(=O)C4CCCC4)CC3)cc21. The first-order chi connectivity index (χ1) is 14.4. The van der Waals surface area contributed by atoms with E-state index < -0.39 is 22.8 Å². The molecule has 30 heavy (non-hydrogen) atoms. The predicted octanol–water partition coefficient (Wildman–Crippen LogP) is 1.36. The molecule has 2 aliphatic rings. The fraction of sp³-hybridized carbons (Fsp3) is 0.500. The van der Waals surface area contributed by atoms with Crippen molar-refractivity contribution in [2.75, 3.05) is 31.1 Å². The molecule has 0 N–H and O–H groups in total. The molecule has 0 bridgehead atoms. The van der Waals surface area contributed by atoms with Crippen LogP contribution in [0.2, 0.25) is 0 Å². The molecule has 2 fully saturated rings. The minimum absolute atomic E-state index is 0.0230. The average Bonchev–Trinajstić information content (AvgIpc) is 3.28. The van der Waals surface area contributed by atoms with Crippen LogP contribution in [-0.2, 0) is 11.3 Å². The highest BCUT2D eigenvalue weighted by Gasteiger charge is 2.30. The molecular formula is C22H25FN3O4-. The van der Waals surface area contributed by atoms with Crippen molar-refractivity contribution in [1.82, 2.24) is 9.47 Å². The monoisotopic (exact) mass is 414 g/mol. The summed E-state index contributed by atoms with van der Waals surface area (Å²) in [5, 5.41) is 11.3. The molecule has 1 aliphatic heterocycles. The Morgan fingerprint density at radius 3 is 2.40 bits per heavy atom. The molecule has 4 rings (SSSR count). The number of amides is 1. The van der Waals surface area contributed by atoms with E-state index in [-0.39, 0.29) is 17.2 Å². The van der Waals surface area contributed by atoms with Crippen molar-refractivity contribution in [3.63, 3.8) is 0 Å². The van der Waals surface area contributed by atoms with Gasteiger partial charge in [0.2, 0.25) is 5.91 Å². The summed E-state index contributed by atoms with van der Waals surface area (Å²) in [4.78, 5) is 40.1. The van der Waals surface area contributed by atoms with Crippen molar-refractivity contribution in [1.29, 1.82) is 0 Å². The van der Waals surface area contributed by atoms with Crippen LogP contribution in [0, 0.1) is 11.7 Å². The standard InChI is InChI=1S/C22H26FN3O4/c1-2-24-13-16(22(29)30)20(27)15-11-17(23)19(12-18(15)24)25-7-9-26(10-8-25)21(28)14-5-3-4-6-14/h11-14H,2-10H2,1H3,(H,29,30)/p-1. The molecule has 1 amide bonds. The highest BCUT2D eigenvalue weighted by molar-refractivity contribution is 5.92. The first kappa shape index (κ1) is 20.4. The maximum absolute atomic E-state index is 14.9. The summed E-state index contributed by atoms with van der Waals surface area (Å²) in [6.07, 6.45) is 5.39. The van der Waals surface area contributed by atoms with E-state index in [0.717, 1.165) is 31.7 Å². The quantitative estimate of drug-likeness (QED) is 0.754. The zero-order valence-electron chi connectivity index (χ0n) is 17.0. The summed E-state index contributed by atoms with van der Waals surface area (Å²) in [7, 11) is 0. The van der Waals surface area contributed by atoms with E-state index in [1.807, 2.05) is 16.7 Å². The molecular weight excluding hydrogens is 389 g/mol. The maximum atomic E-state index is 14.9. The summed E-state index contributed by atoms with van der Waals surface area (Å²) in [5.74, 6) is -1.81. The van der Waals surface area contributed by atoms with Crippen LogP contribution in [0.25, 0.3) is 10.9 Å². The molecule has 0 spiro atoms. The van der Waals surface area contributed by atoms with Crippen LogP contribution in [0.15, 0.2) is 23.1 Å². The van der Waals surface area contributed by atoms with Gasteiger partial charge in [0.15, 0.2) is 5.43 Å². The molecule has 1 aromatic heterocycles. The molecule has 2 heterocycles. The van der Waals surface area contributed by atoms with Crippen LogP contribution in [-0.4, -0.2) is 47.5 Å². The van der Waals surface area contributed by atoms with Gasteiger partial charge in [-0.2, -0.15) is 0 Å². The van der Waals surface area contributed by atoms with E-state index in [2.05, 4.69) is 0 Å². The van der Waals surface area contributed by atoms with Crippen molar-refractivity contribution < 1.29 is 19.1 Å². The second kappa shape index (κ2) is 8.08. The second-order valence-corrected chi connectivity index (χ2v) is 8.06. The molecule has 0 radical (unpaired) electrons. The number of halogens is 1. The summed E-state index contributed by atoms with van der Waals surface area (Å²) in [6.45, 7) is 4.34. The maximum Gasteiger partial charge on any atom is 0.225 e. The summed E-state index contributed by atoms with van der Waals surface area (Å²) < 4.78 is 16.5. The lowest BCUT2D eigenvalue weighted by atomic mass is 10.1. The molecule has 1 aliphatic carbocycles. The number of aromatic carboxylic acids is 1. The molecule has 1 saturated carbocycles. The molecule has 1 saturated heterocycles. The summed E-state index contributed by atoms with van der Waals surface area (Å²) in [6, 6.07) is 2.71. The van der Waals surface area contributed by atoms with E-state index in [1.54, 1.807) is 10.6 Å². The van der Waals surface area contributed by atoms with E-state index in [4.69, 9.17) is 0 Å². The Morgan fingerprint density at radius 2 is 1.80 bits per heavy atom. The Labute approximate surface area is 173 Å². The predicted molar refractivity (Wildman–Crippen MR) is 109 cm³/mol. The largest absolute Gasteiger partial charge is 0.545 e. The lowest BCUT2D eigenvalue weighted by Gasteiger charge is -2.37. The number of carboxylic acids is 1. The van der Waals surface area contributed by atoms with Gasteiger partial charge in [-0.1, -0.05) is 12.8 Å². The van der Waals surface area contributed by atoms with Crippen molar-refractivity contribution in [3.8, 4) is 0 Å². The van der Waals surface area contributed by atoms with E-state index in [9.17, 15) is 23.9 Å². The van der Waals surface area contributed by atoms with Gasteiger partial charge in [-0.3, -0.25) is 9.59 Å². The number of carbonyl (C=O) groups is 2. The Bertz CT molecular complexity index is 1050. The summed E-state index contributed by atoms with van der Waals surface area (Å²) >= 11 is 0. The number of fused-ring (bicyclic) bond motifs is 1. The Morgan fingerprint density at radius 1 is 1.13 bits per heavy atom. The number of hydrogen-bond acceptors (Lipinski definition) is 5. The number of benzene rings is 1. The lowest BCUT2D eigenvalue weighted by Crippen LogP contribution is -2.50. The number of anilines is 1. The molecule has 2 aromatic rings. The molecule has 0 unspecified atom stereocenters. The molecule has 7 nitrogen and oxygen atoms in total. The Kier molecular flexibility index (Phi) is 5.49. The van der Waals surface area contributed by atoms with Crippen LogP contribution >= 0.6 is 0 Å². The van der Waals surface area contributed by atoms with Crippen molar-refractivity contribution in [2.24, 2.45) is 5.92 Å². The zero-order valence-corrected chi connectivity index (χ0v) is 17.0. The third-order valence-corrected chi connectivity index (χ3v) is 6.35. The van der Waals surface area contributed by atoms with E-state index >= 15 is 0 Å². The lowest BCUT2D eigenvalue weighted by molar-refractivity contribution is -0.255. The summed E-state index contributed by atoms with van der Waals surface area (Å²) in [5.41, 5.74) is -0.380. The van der Waals surface area contributed by atoms with Gasteiger partial charge in [0.05, 0.1) is 22.7 Å². The number of piperazine rings is 1. The number of rotatable bonds is 4. The molecule has 1 aromatic carbocycles. The number of nitrogens with zero attached hydrogens (tertiary/aromatic N) is 3. The highest BCUT2D eigenvalue weighted by Crippen LogP contribution is 2.29. The number of aryl methyl sites for hydroxylation is 1. The Balaban J connectivity index is 1.61. The third-order valence-electron chi connectivity index (χ3n) is 6.35. The molecule has 160 valence electrons. The van der Waals surface area contributed by atoms with Crippen LogP contribution < -0.4 is 15.4 Å². The average molecular weight is 414 g/mol. The fourth-order valence-electron chi connectivity index (χ4n) is 4.65. The first-order valence-corrected chi connectivity index (χ1v) is 10.5.